The highest BCUT2D eigenvalue weighted by Crippen LogP contribution is 2.26. The van der Waals surface area contributed by atoms with E-state index in [4.69, 9.17) is 5.11 Å². The van der Waals surface area contributed by atoms with E-state index in [0.717, 1.165) is 104 Å². The van der Waals surface area contributed by atoms with Gasteiger partial charge in [-0.3, -0.25) is 15.0 Å². The average molecular weight is 538 g/mol. The van der Waals surface area contributed by atoms with Gasteiger partial charge in [0.1, 0.15) is 0 Å². The van der Waals surface area contributed by atoms with E-state index in [1.54, 1.807) is 0 Å². The number of hydrogen-bond donors (Lipinski definition) is 9. The van der Waals surface area contributed by atoms with Crippen LogP contribution in [0.25, 0.3) is 0 Å². The number of hydrogen-bond acceptors (Lipinski definition) is 10. The van der Waals surface area contributed by atoms with Crippen molar-refractivity contribution in [1.29, 1.82) is 0 Å². The molecular formula is C27H55N9O2. The molecule has 3 heterocycles. The van der Waals surface area contributed by atoms with Crippen LogP contribution in [-0.2, 0) is 4.79 Å². The number of hydrazine groups is 1. The fraction of sp³-hybridized carbons (Fsp3) is 0.963. The second-order valence-electron chi connectivity index (χ2n) is 11.7. The predicted octanol–water partition coefficient (Wildman–Crippen LogP) is -1.17. The Morgan fingerprint density at radius 1 is 1.03 bits per heavy atom. The van der Waals surface area contributed by atoms with Gasteiger partial charge in [0.25, 0.3) is 0 Å². The van der Waals surface area contributed by atoms with E-state index in [9.17, 15) is 4.79 Å². The van der Waals surface area contributed by atoms with Gasteiger partial charge in [0.2, 0.25) is 5.91 Å². The van der Waals surface area contributed by atoms with Crippen LogP contribution in [0.15, 0.2) is 0 Å². The van der Waals surface area contributed by atoms with Gasteiger partial charge in [-0.15, -0.1) is 0 Å². The van der Waals surface area contributed by atoms with Crippen LogP contribution in [0, 0.1) is 17.8 Å². The molecule has 4 fully saturated rings. The first kappa shape index (κ1) is 30.1. The third-order valence-corrected chi connectivity index (χ3v) is 9.19. The van der Waals surface area contributed by atoms with Crippen LogP contribution >= 0.6 is 0 Å². The Bertz CT molecular complexity index is 681. The summed E-state index contributed by atoms with van der Waals surface area (Å²) in [6.07, 6.45) is 8.82. The smallest absolute Gasteiger partial charge is 0.223 e. The molecule has 4 aliphatic rings. The van der Waals surface area contributed by atoms with Gasteiger partial charge in [0.15, 0.2) is 0 Å². The van der Waals surface area contributed by atoms with E-state index in [-0.39, 0.29) is 30.8 Å². The van der Waals surface area contributed by atoms with Gasteiger partial charge in [-0.2, -0.15) is 0 Å². The van der Waals surface area contributed by atoms with Crippen LogP contribution in [0.3, 0.4) is 0 Å². The molecule has 0 spiro atoms. The minimum atomic E-state index is 0.121. The molecule has 0 aromatic rings. The summed E-state index contributed by atoms with van der Waals surface area (Å²) in [5, 5.41) is 30.2. The molecule has 38 heavy (non-hydrogen) atoms. The summed E-state index contributed by atoms with van der Waals surface area (Å²) < 4.78 is 0. The third-order valence-electron chi connectivity index (χ3n) is 9.19. The molecule has 7 unspecified atom stereocenters. The maximum Gasteiger partial charge on any atom is 0.223 e. The molecule has 1 amide bonds. The molecule has 0 bridgehead atoms. The number of nitrogens with zero attached hydrogens (tertiary/aromatic N) is 1. The Balaban J connectivity index is 1.23. The fourth-order valence-electron chi connectivity index (χ4n) is 6.79. The van der Waals surface area contributed by atoms with Crippen molar-refractivity contribution in [3.05, 3.63) is 0 Å². The third kappa shape index (κ3) is 8.81. The predicted molar refractivity (Wildman–Crippen MR) is 151 cm³/mol. The Hall–Kier alpha value is -0.890. The maximum atomic E-state index is 13.1. The number of piperidine rings is 1. The van der Waals surface area contributed by atoms with Gasteiger partial charge < -0.3 is 31.7 Å². The maximum absolute atomic E-state index is 13.1. The lowest BCUT2D eigenvalue weighted by Gasteiger charge is -2.37. The van der Waals surface area contributed by atoms with Crippen molar-refractivity contribution in [2.45, 2.75) is 82.7 Å². The summed E-state index contributed by atoms with van der Waals surface area (Å²) in [5.41, 5.74) is 7.11. The second kappa shape index (κ2) is 16.4. The molecule has 220 valence electrons. The Kier molecular flexibility index (Phi) is 13.0. The SMILES string of the molecule is CCC1CNCCC1CNC(=O)C1CCCC(NCC2NNC(C3CCNCN3)N2CCNCCCO)C1. The van der Waals surface area contributed by atoms with E-state index in [1.807, 2.05) is 0 Å². The molecule has 11 heteroatoms. The number of rotatable bonds is 14. The van der Waals surface area contributed by atoms with Crippen molar-refractivity contribution in [2.24, 2.45) is 17.8 Å². The standard InChI is InChI=1S/C27H55N9O2/c1-2-20-16-29-10-7-22(20)17-32-27(38)21-5-3-6-23(15-21)31-18-25-34-35-26(24-8-11-30-19-33-24)36(25)13-12-28-9-4-14-37/h20-26,28-31,33-35,37H,2-19H2,1H3,(H,32,38). The summed E-state index contributed by atoms with van der Waals surface area (Å²) in [7, 11) is 0. The summed E-state index contributed by atoms with van der Waals surface area (Å²) in [5.74, 6) is 1.67. The molecule has 3 saturated heterocycles. The zero-order valence-corrected chi connectivity index (χ0v) is 23.6. The van der Waals surface area contributed by atoms with Crippen molar-refractivity contribution in [3.63, 3.8) is 0 Å². The van der Waals surface area contributed by atoms with E-state index in [1.165, 1.54) is 6.42 Å². The molecule has 0 radical (unpaired) electrons. The minimum absolute atomic E-state index is 0.121. The molecule has 11 nitrogen and oxygen atoms in total. The molecule has 7 atom stereocenters. The molecule has 1 saturated carbocycles. The number of carbonyl (C=O) groups is 1. The Labute approximate surface area is 229 Å². The molecule has 4 rings (SSSR count). The second-order valence-corrected chi connectivity index (χ2v) is 11.7. The lowest BCUT2D eigenvalue weighted by Crippen LogP contribution is -2.59. The van der Waals surface area contributed by atoms with Crippen molar-refractivity contribution in [1.82, 2.24) is 47.7 Å². The summed E-state index contributed by atoms with van der Waals surface area (Å²) >= 11 is 0. The van der Waals surface area contributed by atoms with Crippen LogP contribution in [0.1, 0.15) is 58.3 Å². The first-order valence-corrected chi connectivity index (χ1v) is 15.4. The molecular weight excluding hydrogens is 482 g/mol. The molecule has 1 aliphatic carbocycles. The number of amides is 1. The summed E-state index contributed by atoms with van der Waals surface area (Å²) in [4.78, 5) is 15.6. The van der Waals surface area contributed by atoms with E-state index < -0.39 is 0 Å². The van der Waals surface area contributed by atoms with Crippen LogP contribution in [-0.4, -0.2) is 106 Å². The molecule has 0 aromatic carbocycles. The van der Waals surface area contributed by atoms with Gasteiger partial charge in [-0.25, -0.2) is 10.9 Å². The number of nitrogens with one attached hydrogen (secondary N) is 8. The van der Waals surface area contributed by atoms with Gasteiger partial charge in [0.05, 0.1) is 12.3 Å². The van der Waals surface area contributed by atoms with Crippen LogP contribution in [0.5, 0.6) is 0 Å². The topological polar surface area (TPSA) is 137 Å². The zero-order valence-electron chi connectivity index (χ0n) is 23.6. The molecule has 0 aromatic heterocycles. The van der Waals surface area contributed by atoms with Crippen molar-refractivity contribution in [3.8, 4) is 0 Å². The first-order chi connectivity index (χ1) is 18.7. The largest absolute Gasteiger partial charge is 0.396 e. The number of aliphatic hydroxyl groups is 1. The zero-order chi connectivity index (χ0) is 26.6. The van der Waals surface area contributed by atoms with Crippen molar-refractivity contribution < 1.29 is 9.90 Å². The van der Waals surface area contributed by atoms with Gasteiger partial charge >= 0.3 is 0 Å². The normalized spacial score (nSPS) is 34.8. The lowest BCUT2D eigenvalue weighted by molar-refractivity contribution is -0.126. The Morgan fingerprint density at radius 2 is 1.92 bits per heavy atom. The van der Waals surface area contributed by atoms with Crippen LogP contribution < -0.4 is 42.8 Å². The molecule has 9 N–H and O–H groups in total. The van der Waals surface area contributed by atoms with Crippen molar-refractivity contribution >= 4 is 5.91 Å². The van der Waals surface area contributed by atoms with Gasteiger partial charge in [0, 0.05) is 57.5 Å². The number of aliphatic hydroxyl groups excluding tert-OH is 1. The van der Waals surface area contributed by atoms with E-state index >= 15 is 0 Å². The highest BCUT2D eigenvalue weighted by molar-refractivity contribution is 5.78. The monoisotopic (exact) mass is 537 g/mol. The average Bonchev–Trinajstić information content (AvgIpc) is 3.38. The quantitative estimate of drug-likeness (QED) is 0.125. The highest BCUT2D eigenvalue weighted by Gasteiger charge is 2.38. The lowest BCUT2D eigenvalue weighted by atomic mass is 9.83. The first-order valence-electron chi connectivity index (χ1n) is 15.4. The fourth-order valence-corrected chi connectivity index (χ4v) is 6.79. The summed E-state index contributed by atoms with van der Waals surface area (Å²) in [6, 6.07) is 0.769. The Morgan fingerprint density at radius 3 is 2.74 bits per heavy atom. The van der Waals surface area contributed by atoms with Crippen molar-refractivity contribution in [2.75, 3.05) is 65.6 Å². The van der Waals surface area contributed by atoms with E-state index in [0.29, 0.717) is 23.9 Å². The van der Waals surface area contributed by atoms with Crippen LogP contribution in [0.2, 0.25) is 0 Å². The van der Waals surface area contributed by atoms with E-state index in [2.05, 4.69) is 54.6 Å². The molecule has 3 aliphatic heterocycles. The minimum Gasteiger partial charge on any atom is -0.396 e. The highest BCUT2D eigenvalue weighted by atomic mass is 16.3. The van der Waals surface area contributed by atoms with Gasteiger partial charge in [-0.05, 0) is 76.5 Å². The number of carbonyl (C=O) groups excluding carboxylic acids is 1. The van der Waals surface area contributed by atoms with Crippen LogP contribution in [0.4, 0.5) is 0 Å². The summed E-state index contributed by atoms with van der Waals surface area (Å²) in [6.45, 7) is 10.9. The van der Waals surface area contributed by atoms with Gasteiger partial charge in [-0.1, -0.05) is 19.8 Å².